The van der Waals surface area contributed by atoms with Gasteiger partial charge in [-0.15, -0.1) is 0 Å². The minimum absolute atomic E-state index is 0.0377. The van der Waals surface area contributed by atoms with Crippen molar-refractivity contribution in [3.05, 3.63) is 82.6 Å². The van der Waals surface area contributed by atoms with Crippen LogP contribution in [-0.4, -0.2) is 32.5 Å². The van der Waals surface area contributed by atoms with E-state index in [1.165, 1.54) is 10.3 Å². The van der Waals surface area contributed by atoms with Gasteiger partial charge in [0.1, 0.15) is 11.6 Å². The van der Waals surface area contributed by atoms with Crippen molar-refractivity contribution >= 4 is 5.97 Å². The molecular formula is C32H51N3O4. The van der Waals surface area contributed by atoms with Crippen LogP contribution >= 0.6 is 0 Å². The van der Waals surface area contributed by atoms with Gasteiger partial charge in [0.2, 0.25) is 0 Å². The molecule has 1 aromatic carbocycles. The third-order valence-electron chi connectivity index (χ3n) is 5.67. The lowest BCUT2D eigenvalue weighted by atomic mass is 10.1. The second kappa shape index (κ2) is 19.7. The molecule has 0 fully saturated rings. The summed E-state index contributed by atoms with van der Waals surface area (Å²) in [6.07, 6.45) is 11.4. The van der Waals surface area contributed by atoms with Crippen LogP contribution in [0.15, 0.2) is 65.5 Å². The molecule has 0 atom stereocenters. The van der Waals surface area contributed by atoms with Crippen LogP contribution in [0.4, 0.5) is 0 Å². The Morgan fingerprint density at radius 1 is 1.08 bits per heavy atom. The third kappa shape index (κ3) is 12.4. The Bertz CT molecular complexity index is 1090. The summed E-state index contributed by atoms with van der Waals surface area (Å²) in [5, 5.41) is 4.46. The van der Waals surface area contributed by atoms with Crippen molar-refractivity contribution < 1.29 is 14.3 Å². The zero-order valence-electron chi connectivity index (χ0n) is 25.8. The largest absolute Gasteiger partial charge is 0.476 e. The molecule has 7 heteroatoms. The van der Waals surface area contributed by atoms with Gasteiger partial charge < -0.3 is 9.47 Å². The van der Waals surface area contributed by atoms with E-state index in [4.69, 9.17) is 9.47 Å². The maximum atomic E-state index is 12.3. The van der Waals surface area contributed by atoms with Crippen LogP contribution in [0.3, 0.4) is 0 Å². The van der Waals surface area contributed by atoms with Crippen molar-refractivity contribution in [3.63, 3.8) is 0 Å². The molecule has 39 heavy (non-hydrogen) atoms. The van der Waals surface area contributed by atoms with E-state index in [1.807, 2.05) is 58.0 Å². The molecule has 0 saturated carbocycles. The van der Waals surface area contributed by atoms with Gasteiger partial charge in [0.15, 0.2) is 5.60 Å². The highest BCUT2D eigenvalue weighted by atomic mass is 16.6. The standard InChI is InChI=1S/C21H31N3O4.C9H14.C2H6/c1-6-15-23-18(22-24(7-2)20(23)26)14-11-16-9-12-17(13-10-16)28-21(4,5)19(25)27-8-3;1-4-7-8-9(5-2)6-3;1-2/h9-10,12-13H,6-8,11,14-15H2,1-5H3;4-5,7-8H,1,6H2,2-3H3;1-2H3/b;8-7-,9-5-;. The number of allylic oxidation sites excluding steroid dienone is 5. The van der Waals surface area contributed by atoms with Gasteiger partial charge in [-0.3, -0.25) is 4.57 Å². The fourth-order valence-electron chi connectivity index (χ4n) is 3.56. The van der Waals surface area contributed by atoms with Gasteiger partial charge in [-0.05, 0) is 71.6 Å². The average molecular weight is 542 g/mol. The van der Waals surface area contributed by atoms with Crippen molar-refractivity contribution in [2.45, 2.75) is 107 Å². The van der Waals surface area contributed by atoms with E-state index in [0.29, 0.717) is 31.9 Å². The third-order valence-corrected chi connectivity index (χ3v) is 5.67. The zero-order valence-corrected chi connectivity index (χ0v) is 25.8. The Labute approximate surface area is 236 Å². The molecule has 0 aliphatic heterocycles. The molecular weight excluding hydrogens is 490 g/mol. The van der Waals surface area contributed by atoms with Gasteiger partial charge in [-0.25, -0.2) is 14.3 Å². The topological polar surface area (TPSA) is 75.3 Å². The Hall–Kier alpha value is -3.35. The normalized spacial score (nSPS) is 11.3. The Kier molecular flexibility index (Phi) is 18.0. The van der Waals surface area contributed by atoms with E-state index in [9.17, 15) is 9.59 Å². The number of rotatable bonds is 13. The molecule has 1 aromatic heterocycles. The van der Waals surface area contributed by atoms with Crippen molar-refractivity contribution in [1.29, 1.82) is 0 Å². The van der Waals surface area contributed by atoms with Crippen LogP contribution in [0.5, 0.6) is 5.75 Å². The number of carbonyl (C=O) groups excluding carboxylic acids is 1. The summed E-state index contributed by atoms with van der Waals surface area (Å²) in [5.41, 5.74) is 1.39. The second-order valence-corrected chi connectivity index (χ2v) is 8.95. The van der Waals surface area contributed by atoms with Crippen molar-refractivity contribution in [1.82, 2.24) is 14.3 Å². The first-order valence-electron chi connectivity index (χ1n) is 14.2. The summed E-state index contributed by atoms with van der Waals surface area (Å²) in [7, 11) is 0. The quantitative estimate of drug-likeness (QED) is 0.200. The summed E-state index contributed by atoms with van der Waals surface area (Å²) in [5.74, 6) is 1.04. The summed E-state index contributed by atoms with van der Waals surface area (Å²) in [6.45, 7) is 22.5. The lowest BCUT2D eigenvalue weighted by molar-refractivity contribution is -0.158. The number of benzene rings is 1. The summed E-state index contributed by atoms with van der Waals surface area (Å²) >= 11 is 0. The van der Waals surface area contributed by atoms with Crippen molar-refractivity contribution in [3.8, 4) is 5.75 Å². The van der Waals surface area contributed by atoms with Gasteiger partial charge in [-0.1, -0.05) is 76.3 Å². The number of hydrogen-bond donors (Lipinski definition) is 0. The van der Waals surface area contributed by atoms with E-state index >= 15 is 0 Å². The second-order valence-electron chi connectivity index (χ2n) is 8.95. The number of hydrogen-bond acceptors (Lipinski definition) is 5. The first-order valence-corrected chi connectivity index (χ1v) is 14.2. The Morgan fingerprint density at radius 3 is 2.21 bits per heavy atom. The Balaban J connectivity index is 0.00000111. The van der Waals surface area contributed by atoms with Gasteiger partial charge in [0.05, 0.1) is 6.61 Å². The van der Waals surface area contributed by atoms with Crippen LogP contribution < -0.4 is 10.4 Å². The molecule has 0 saturated heterocycles. The lowest BCUT2D eigenvalue weighted by Crippen LogP contribution is -2.39. The molecule has 0 aliphatic rings. The van der Waals surface area contributed by atoms with Crippen LogP contribution in [0.1, 0.15) is 86.5 Å². The van der Waals surface area contributed by atoms with E-state index in [0.717, 1.165) is 30.7 Å². The molecule has 0 N–H and O–H groups in total. The summed E-state index contributed by atoms with van der Waals surface area (Å²) in [4.78, 5) is 24.3. The lowest BCUT2D eigenvalue weighted by Gasteiger charge is -2.24. The highest BCUT2D eigenvalue weighted by Crippen LogP contribution is 2.21. The van der Waals surface area contributed by atoms with E-state index in [-0.39, 0.29) is 11.7 Å². The zero-order chi connectivity index (χ0) is 29.8. The summed E-state index contributed by atoms with van der Waals surface area (Å²) < 4.78 is 14.1. The molecule has 0 spiro atoms. The van der Waals surface area contributed by atoms with Crippen molar-refractivity contribution in [2.75, 3.05) is 6.61 Å². The van der Waals surface area contributed by atoms with Crippen LogP contribution in [0.2, 0.25) is 0 Å². The Morgan fingerprint density at radius 2 is 1.72 bits per heavy atom. The number of esters is 1. The minimum atomic E-state index is -1.04. The number of aryl methyl sites for hydroxylation is 3. The number of nitrogens with zero attached hydrogens (tertiary/aromatic N) is 3. The van der Waals surface area contributed by atoms with Gasteiger partial charge in [0, 0.05) is 19.5 Å². The van der Waals surface area contributed by atoms with Crippen LogP contribution in [0, 0.1) is 0 Å². The molecule has 0 bridgehead atoms. The molecule has 7 nitrogen and oxygen atoms in total. The SMILES string of the molecule is C=C/C=C\C(=C/C)CC.CC.CCCn1c(CCc2ccc(OC(C)(C)C(=O)OCC)cc2)nn(CC)c1=O. The van der Waals surface area contributed by atoms with Gasteiger partial charge >= 0.3 is 11.7 Å². The highest BCUT2D eigenvalue weighted by molar-refractivity contribution is 5.79. The monoisotopic (exact) mass is 541 g/mol. The predicted molar refractivity (Wildman–Crippen MR) is 162 cm³/mol. The molecule has 0 radical (unpaired) electrons. The predicted octanol–water partition coefficient (Wildman–Crippen LogP) is 7.09. The molecule has 0 aliphatic carbocycles. The maximum absolute atomic E-state index is 12.3. The fourth-order valence-corrected chi connectivity index (χ4v) is 3.56. The molecule has 218 valence electrons. The van der Waals surface area contributed by atoms with Crippen molar-refractivity contribution in [2.24, 2.45) is 0 Å². The highest BCUT2D eigenvalue weighted by Gasteiger charge is 2.31. The molecule has 1 heterocycles. The van der Waals surface area contributed by atoms with E-state index in [1.54, 1.807) is 31.4 Å². The summed E-state index contributed by atoms with van der Waals surface area (Å²) in [6, 6.07) is 7.63. The maximum Gasteiger partial charge on any atom is 0.349 e. The molecule has 0 unspecified atom stereocenters. The minimum Gasteiger partial charge on any atom is -0.476 e. The first kappa shape index (κ1) is 35.6. The number of carbonyl (C=O) groups is 1. The van der Waals surface area contributed by atoms with Crippen LogP contribution in [0.25, 0.3) is 0 Å². The van der Waals surface area contributed by atoms with E-state index in [2.05, 4.69) is 37.7 Å². The average Bonchev–Trinajstić information content (AvgIpc) is 3.24. The smallest absolute Gasteiger partial charge is 0.349 e. The molecule has 2 aromatic rings. The van der Waals surface area contributed by atoms with E-state index < -0.39 is 5.60 Å². The first-order chi connectivity index (χ1) is 18.7. The van der Waals surface area contributed by atoms with Crippen LogP contribution in [-0.2, 0) is 35.5 Å². The number of ether oxygens (including phenoxy) is 2. The molecule has 0 amide bonds. The fraction of sp³-hybridized carbons (Fsp3) is 0.531. The molecule has 2 rings (SSSR count). The van der Waals surface area contributed by atoms with Gasteiger partial charge in [-0.2, -0.15) is 5.10 Å². The van der Waals surface area contributed by atoms with Gasteiger partial charge in [0.25, 0.3) is 0 Å². The number of aromatic nitrogens is 3.